The van der Waals surface area contributed by atoms with Crippen molar-refractivity contribution in [3.8, 4) is 5.75 Å². The van der Waals surface area contributed by atoms with Gasteiger partial charge in [-0.2, -0.15) is 13.2 Å². The van der Waals surface area contributed by atoms with E-state index in [0.717, 1.165) is 5.56 Å². The fourth-order valence-electron chi connectivity index (χ4n) is 3.09. The molecular formula is C21H18F3N3O2S. The number of aryl methyl sites for hydroxylation is 1. The molecule has 1 heterocycles. The number of aromatic hydroxyl groups is 1. The van der Waals surface area contributed by atoms with Crippen LogP contribution in [-0.4, -0.2) is 26.7 Å². The molecule has 156 valence electrons. The number of aromatic amines is 1. The van der Waals surface area contributed by atoms with Crippen molar-refractivity contribution in [3.63, 3.8) is 0 Å². The first-order valence-electron chi connectivity index (χ1n) is 8.97. The second-order valence-corrected chi connectivity index (χ2v) is 7.30. The van der Waals surface area contributed by atoms with Crippen LogP contribution in [0.25, 0.3) is 10.9 Å². The van der Waals surface area contributed by atoms with Gasteiger partial charge in [-0.15, -0.1) is 0 Å². The number of phenols is 1. The molecule has 0 aliphatic carbocycles. The van der Waals surface area contributed by atoms with Crippen molar-refractivity contribution in [2.45, 2.75) is 25.1 Å². The first kappa shape index (κ1) is 21.7. The van der Waals surface area contributed by atoms with Crippen LogP contribution >= 0.6 is 12.2 Å². The van der Waals surface area contributed by atoms with Gasteiger partial charge in [0.05, 0.1) is 16.1 Å². The van der Waals surface area contributed by atoms with Crippen molar-refractivity contribution in [2.75, 3.05) is 0 Å². The Kier molecular flexibility index (Phi) is 6.04. The molecule has 0 aliphatic rings. The lowest BCUT2D eigenvalue weighted by atomic mass is 9.96. The highest BCUT2D eigenvalue weighted by atomic mass is 32.1. The van der Waals surface area contributed by atoms with Crippen LogP contribution < -0.4 is 11.3 Å². The molecule has 0 radical (unpaired) electrons. The predicted molar refractivity (Wildman–Crippen MR) is 113 cm³/mol. The first-order valence-corrected chi connectivity index (χ1v) is 9.38. The van der Waals surface area contributed by atoms with E-state index in [2.05, 4.69) is 4.98 Å². The lowest BCUT2D eigenvalue weighted by molar-refractivity contribution is -0.136. The molecule has 0 spiro atoms. The van der Waals surface area contributed by atoms with Crippen molar-refractivity contribution < 1.29 is 18.3 Å². The average molecular weight is 433 g/mol. The van der Waals surface area contributed by atoms with Crippen molar-refractivity contribution in [1.29, 1.82) is 5.41 Å². The quantitative estimate of drug-likeness (QED) is 0.349. The van der Waals surface area contributed by atoms with Crippen LogP contribution in [0, 0.1) is 5.41 Å². The number of hydrogen-bond donors (Lipinski definition) is 4. The normalized spacial score (nSPS) is 12.7. The van der Waals surface area contributed by atoms with Gasteiger partial charge in [0.1, 0.15) is 5.75 Å². The first-order chi connectivity index (χ1) is 14.1. The van der Waals surface area contributed by atoms with Crippen LogP contribution in [-0.2, 0) is 12.6 Å². The summed E-state index contributed by atoms with van der Waals surface area (Å²) in [5.74, 6) is 0.149. The third-order valence-electron chi connectivity index (χ3n) is 4.70. The number of hydrogen-bond acceptors (Lipinski definition) is 5. The van der Waals surface area contributed by atoms with Crippen molar-refractivity contribution in [1.82, 2.24) is 4.98 Å². The Morgan fingerprint density at radius 3 is 2.47 bits per heavy atom. The van der Waals surface area contributed by atoms with Crippen LogP contribution in [0.15, 0.2) is 53.3 Å². The number of thiocarbonyl (C=S) groups is 1. The molecule has 0 bridgehead atoms. The van der Waals surface area contributed by atoms with Gasteiger partial charge in [0.2, 0.25) is 5.56 Å². The Bertz CT molecular complexity index is 1170. The number of nitrogens with one attached hydrogen (secondary N) is 2. The largest absolute Gasteiger partial charge is 0.508 e. The molecule has 0 saturated carbocycles. The molecule has 1 unspecified atom stereocenters. The van der Waals surface area contributed by atoms with E-state index in [1.807, 2.05) is 0 Å². The highest BCUT2D eigenvalue weighted by Gasteiger charge is 2.33. The summed E-state index contributed by atoms with van der Waals surface area (Å²) < 4.78 is 40.0. The highest BCUT2D eigenvalue weighted by molar-refractivity contribution is 7.82. The molecule has 1 aromatic heterocycles. The number of benzene rings is 2. The van der Waals surface area contributed by atoms with Gasteiger partial charge < -0.3 is 15.8 Å². The molecule has 0 saturated heterocycles. The molecule has 0 fully saturated rings. The number of phenolic OH excluding ortho intramolecular Hbond substituents is 1. The Balaban J connectivity index is 1.83. The molecule has 5 nitrogen and oxygen atoms in total. The molecule has 1 atom stereocenters. The van der Waals surface area contributed by atoms with Crippen LogP contribution in [0.4, 0.5) is 13.2 Å². The van der Waals surface area contributed by atoms with Gasteiger partial charge in [-0.3, -0.25) is 10.2 Å². The van der Waals surface area contributed by atoms with Gasteiger partial charge in [0.25, 0.3) is 0 Å². The van der Waals surface area contributed by atoms with Crippen molar-refractivity contribution in [3.05, 3.63) is 75.6 Å². The van der Waals surface area contributed by atoms with Crippen LogP contribution in [0.5, 0.6) is 5.75 Å². The summed E-state index contributed by atoms with van der Waals surface area (Å²) in [5, 5.41) is 17.4. The summed E-state index contributed by atoms with van der Waals surface area (Å²) in [6.07, 6.45) is -3.72. The zero-order valence-electron chi connectivity index (χ0n) is 15.6. The maximum atomic E-state index is 13.3. The van der Waals surface area contributed by atoms with E-state index in [1.54, 1.807) is 24.3 Å². The van der Waals surface area contributed by atoms with Crippen LogP contribution in [0.2, 0.25) is 0 Å². The Morgan fingerprint density at radius 1 is 1.17 bits per heavy atom. The van der Waals surface area contributed by atoms with E-state index >= 15 is 0 Å². The summed E-state index contributed by atoms with van der Waals surface area (Å²) in [7, 11) is 0. The SMILES string of the molecule is N=C(C(=S)C(N)CCc1ccc(O)cc1)c1ccc2[nH]c(=O)cc(C(F)(F)F)c2c1. The third-order valence-corrected chi connectivity index (χ3v) is 5.21. The molecule has 3 aromatic rings. The van der Waals surface area contributed by atoms with Crippen LogP contribution in [0.1, 0.15) is 23.1 Å². The second kappa shape index (κ2) is 8.37. The maximum Gasteiger partial charge on any atom is 0.417 e. The van der Waals surface area contributed by atoms with Gasteiger partial charge >= 0.3 is 6.18 Å². The summed E-state index contributed by atoms with van der Waals surface area (Å²) in [6.45, 7) is 0. The maximum absolute atomic E-state index is 13.3. The van der Waals surface area contributed by atoms with Gasteiger partial charge in [-0.1, -0.05) is 30.4 Å². The van der Waals surface area contributed by atoms with Gasteiger partial charge in [0.15, 0.2) is 0 Å². The lowest BCUT2D eigenvalue weighted by Crippen LogP contribution is -2.35. The summed E-state index contributed by atoms with van der Waals surface area (Å²) in [4.78, 5) is 14.0. The van der Waals surface area contributed by atoms with Crippen molar-refractivity contribution in [2.24, 2.45) is 5.73 Å². The minimum atomic E-state index is -4.71. The fourth-order valence-corrected chi connectivity index (χ4v) is 3.32. The topological polar surface area (TPSA) is 103 Å². The van der Waals surface area contributed by atoms with E-state index in [9.17, 15) is 23.1 Å². The number of H-pyrrole nitrogens is 1. The highest BCUT2D eigenvalue weighted by Crippen LogP contribution is 2.33. The fraction of sp³-hybridized carbons (Fsp3) is 0.190. The smallest absolute Gasteiger partial charge is 0.417 e. The number of aromatic nitrogens is 1. The van der Waals surface area contributed by atoms with Gasteiger partial charge in [0, 0.05) is 28.6 Å². The zero-order valence-corrected chi connectivity index (χ0v) is 16.4. The number of rotatable bonds is 6. The molecule has 0 aliphatic heterocycles. The molecular weight excluding hydrogens is 415 g/mol. The van der Waals surface area contributed by atoms with Crippen LogP contribution in [0.3, 0.4) is 0 Å². The molecule has 5 N–H and O–H groups in total. The molecule has 0 amide bonds. The number of pyridine rings is 1. The van der Waals surface area contributed by atoms with Crippen molar-refractivity contribution >= 4 is 33.7 Å². The Hall–Kier alpha value is -3.04. The number of nitrogens with two attached hydrogens (primary N) is 1. The number of alkyl halides is 3. The Morgan fingerprint density at radius 2 is 1.83 bits per heavy atom. The predicted octanol–water partition coefficient (Wildman–Crippen LogP) is 3.95. The molecule has 2 aromatic carbocycles. The number of fused-ring (bicyclic) bond motifs is 1. The second-order valence-electron chi connectivity index (χ2n) is 6.86. The molecule has 9 heteroatoms. The minimum Gasteiger partial charge on any atom is -0.508 e. The van der Waals surface area contributed by atoms with E-state index in [0.29, 0.717) is 18.9 Å². The molecule has 3 rings (SSSR count). The lowest BCUT2D eigenvalue weighted by Gasteiger charge is -2.16. The zero-order chi connectivity index (χ0) is 22.1. The summed E-state index contributed by atoms with van der Waals surface area (Å²) in [5.41, 5.74) is 5.18. The van der Waals surface area contributed by atoms with E-state index in [1.165, 1.54) is 18.2 Å². The minimum absolute atomic E-state index is 0.0222. The standard InChI is InChI=1S/C21H18F3N3O2S/c22-21(23,24)15-10-18(29)27-17-8-4-12(9-14(15)17)19(26)20(30)16(25)7-3-11-1-5-13(28)6-2-11/h1-2,4-6,8-10,16,26,28H,3,7,25H2,(H,27,29). The summed E-state index contributed by atoms with van der Waals surface area (Å²) in [6, 6.07) is 10.4. The van der Waals surface area contributed by atoms with Gasteiger partial charge in [-0.05, 0) is 42.7 Å². The number of halogens is 3. The van der Waals surface area contributed by atoms with E-state index in [4.69, 9.17) is 23.4 Å². The average Bonchev–Trinajstić information content (AvgIpc) is 2.70. The van der Waals surface area contributed by atoms with E-state index < -0.39 is 23.3 Å². The van der Waals surface area contributed by atoms with E-state index in [-0.39, 0.29) is 32.8 Å². The van der Waals surface area contributed by atoms with Gasteiger partial charge in [-0.25, -0.2) is 0 Å². The molecule has 30 heavy (non-hydrogen) atoms. The third kappa shape index (κ3) is 4.74. The monoisotopic (exact) mass is 433 g/mol. The summed E-state index contributed by atoms with van der Waals surface area (Å²) >= 11 is 5.30. The Labute approximate surface area is 174 Å².